The first-order valence-corrected chi connectivity index (χ1v) is 10.2. The van der Waals surface area contributed by atoms with Crippen molar-refractivity contribution in [1.82, 2.24) is 9.97 Å². The SMILES string of the molecule is CCOc1cc(/C=C(/C#N)c2nc3ccccc3[nH]2)ccc1OCc1ccc(C)cc1. The molecule has 0 amide bonds. The minimum Gasteiger partial charge on any atom is -0.490 e. The van der Waals surface area contributed by atoms with Crippen LogP contribution in [0.2, 0.25) is 0 Å². The third-order valence-electron chi connectivity index (χ3n) is 4.86. The molecule has 0 aliphatic carbocycles. The number of allylic oxidation sites excluding steroid dienone is 1. The lowest BCUT2D eigenvalue weighted by Crippen LogP contribution is -2.00. The van der Waals surface area contributed by atoms with Gasteiger partial charge in [0.2, 0.25) is 0 Å². The molecule has 3 aromatic carbocycles. The first kappa shape index (κ1) is 20.2. The van der Waals surface area contributed by atoms with Gasteiger partial charge in [-0.05, 0) is 55.3 Å². The molecule has 1 N–H and O–H groups in total. The molecule has 1 aromatic heterocycles. The van der Waals surface area contributed by atoms with Crippen molar-refractivity contribution in [2.24, 2.45) is 0 Å². The second kappa shape index (κ2) is 9.19. The molecule has 0 aliphatic heterocycles. The Hall–Kier alpha value is -4.04. The summed E-state index contributed by atoms with van der Waals surface area (Å²) in [5.74, 6) is 1.86. The Kier molecular flexibility index (Phi) is 6.00. The van der Waals surface area contributed by atoms with Crippen LogP contribution in [0, 0.1) is 18.3 Å². The van der Waals surface area contributed by atoms with E-state index in [1.54, 1.807) is 6.08 Å². The van der Waals surface area contributed by atoms with E-state index >= 15 is 0 Å². The highest BCUT2D eigenvalue weighted by Crippen LogP contribution is 2.31. The summed E-state index contributed by atoms with van der Waals surface area (Å²) in [6.07, 6.45) is 1.80. The van der Waals surface area contributed by atoms with Crippen molar-refractivity contribution in [2.45, 2.75) is 20.5 Å². The molecule has 0 bridgehead atoms. The van der Waals surface area contributed by atoms with Crippen LogP contribution in [0.5, 0.6) is 11.5 Å². The molecule has 0 atom stereocenters. The maximum atomic E-state index is 9.69. The highest BCUT2D eigenvalue weighted by molar-refractivity contribution is 5.90. The van der Waals surface area contributed by atoms with Gasteiger partial charge in [0.05, 0.1) is 23.2 Å². The summed E-state index contributed by atoms with van der Waals surface area (Å²) < 4.78 is 11.8. The van der Waals surface area contributed by atoms with Gasteiger partial charge < -0.3 is 14.5 Å². The van der Waals surface area contributed by atoms with Crippen molar-refractivity contribution in [3.63, 3.8) is 0 Å². The molecule has 1 heterocycles. The maximum Gasteiger partial charge on any atom is 0.161 e. The number of hydrogen-bond acceptors (Lipinski definition) is 4. The monoisotopic (exact) mass is 409 g/mol. The number of ether oxygens (including phenoxy) is 2. The molecule has 0 spiro atoms. The normalized spacial score (nSPS) is 11.3. The van der Waals surface area contributed by atoms with E-state index in [-0.39, 0.29) is 0 Å². The van der Waals surface area contributed by atoms with Crippen LogP contribution >= 0.6 is 0 Å². The van der Waals surface area contributed by atoms with Gasteiger partial charge >= 0.3 is 0 Å². The third kappa shape index (κ3) is 4.76. The lowest BCUT2D eigenvalue weighted by molar-refractivity contribution is 0.269. The molecule has 0 unspecified atom stereocenters. The van der Waals surface area contributed by atoms with Gasteiger partial charge in [-0.3, -0.25) is 0 Å². The number of nitrogens with one attached hydrogen (secondary N) is 1. The molecule has 0 saturated carbocycles. The van der Waals surface area contributed by atoms with Gasteiger partial charge in [-0.2, -0.15) is 5.26 Å². The van der Waals surface area contributed by atoms with E-state index in [0.29, 0.717) is 36.1 Å². The summed E-state index contributed by atoms with van der Waals surface area (Å²) in [5.41, 5.74) is 5.32. The van der Waals surface area contributed by atoms with E-state index in [9.17, 15) is 5.26 Å². The Morgan fingerprint density at radius 1 is 1.03 bits per heavy atom. The van der Waals surface area contributed by atoms with Gasteiger partial charge in [0.15, 0.2) is 11.5 Å². The first-order valence-electron chi connectivity index (χ1n) is 10.2. The fraction of sp³-hybridized carbons (Fsp3) is 0.154. The highest BCUT2D eigenvalue weighted by Gasteiger charge is 2.10. The zero-order valence-corrected chi connectivity index (χ0v) is 17.6. The van der Waals surface area contributed by atoms with Crippen molar-refractivity contribution < 1.29 is 9.47 Å². The van der Waals surface area contributed by atoms with E-state index in [1.807, 2.05) is 49.4 Å². The highest BCUT2D eigenvalue weighted by atomic mass is 16.5. The molecule has 4 aromatic rings. The molecule has 154 valence electrons. The number of aromatic nitrogens is 2. The summed E-state index contributed by atoms with van der Waals surface area (Å²) in [7, 11) is 0. The Bertz CT molecular complexity index is 1230. The maximum absolute atomic E-state index is 9.69. The van der Waals surface area contributed by atoms with E-state index in [4.69, 9.17) is 9.47 Å². The number of imidazole rings is 1. The summed E-state index contributed by atoms with van der Waals surface area (Å²) in [4.78, 5) is 7.73. The third-order valence-corrected chi connectivity index (χ3v) is 4.86. The Morgan fingerprint density at radius 2 is 1.84 bits per heavy atom. The van der Waals surface area contributed by atoms with Gasteiger partial charge in [0.1, 0.15) is 18.5 Å². The standard InChI is InChI=1S/C26H23N3O2/c1-3-30-25-15-20(12-13-24(25)31-17-19-10-8-18(2)9-11-19)14-21(16-27)26-28-22-6-4-5-7-23(22)29-26/h4-15H,3,17H2,1-2H3,(H,28,29)/b21-14-. The molecule has 0 fully saturated rings. The number of benzene rings is 3. The average Bonchev–Trinajstić information content (AvgIpc) is 3.22. The van der Waals surface area contributed by atoms with Crippen LogP contribution in [0.3, 0.4) is 0 Å². The van der Waals surface area contributed by atoms with E-state index in [2.05, 4.69) is 47.2 Å². The van der Waals surface area contributed by atoms with Crippen molar-refractivity contribution in [2.75, 3.05) is 6.61 Å². The Balaban J connectivity index is 1.59. The largest absolute Gasteiger partial charge is 0.490 e. The van der Waals surface area contributed by atoms with E-state index < -0.39 is 0 Å². The smallest absolute Gasteiger partial charge is 0.161 e. The van der Waals surface area contributed by atoms with Crippen molar-refractivity contribution >= 4 is 22.7 Å². The molecular weight excluding hydrogens is 386 g/mol. The molecule has 5 nitrogen and oxygen atoms in total. The lowest BCUT2D eigenvalue weighted by atomic mass is 10.1. The minimum absolute atomic E-state index is 0.451. The van der Waals surface area contributed by atoms with Crippen LogP contribution in [0.4, 0.5) is 0 Å². The van der Waals surface area contributed by atoms with E-state index in [0.717, 1.165) is 22.2 Å². The lowest BCUT2D eigenvalue weighted by Gasteiger charge is -2.13. The van der Waals surface area contributed by atoms with Gasteiger partial charge in [-0.1, -0.05) is 48.0 Å². The summed E-state index contributed by atoms with van der Waals surface area (Å²) in [6.45, 7) is 4.97. The molecule has 0 aliphatic rings. The van der Waals surface area contributed by atoms with Crippen molar-refractivity contribution in [1.29, 1.82) is 5.26 Å². The number of nitriles is 1. The van der Waals surface area contributed by atoms with Crippen LogP contribution in [0.1, 0.15) is 29.4 Å². The Labute approximate surface area is 181 Å². The van der Waals surface area contributed by atoms with Crippen LogP contribution in [-0.4, -0.2) is 16.6 Å². The molecule has 0 radical (unpaired) electrons. The number of para-hydroxylation sites is 2. The van der Waals surface area contributed by atoms with Gasteiger partial charge in [0.25, 0.3) is 0 Å². The molecule has 0 saturated heterocycles. The topological polar surface area (TPSA) is 70.9 Å². The first-order chi connectivity index (χ1) is 15.2. The molecule has 31 heavy (non-hydrogen) atoms. The van der Waals surface area contributed by atoms with Gasteiger partial charge in [-0.25, -0.2) is 4.98 Å². The fourth-order valence-electron chi connectivity index (χ4n) is 3.25. The predicted octanol–water partition coefficient (Wildman–Crippen LogP) is 5.91. The number of aromatic amines is 1. The number of rotatable bonds is 7. The predicted molar refractivity (Wildman–Crippen MR) is 123 cm³/mol. The summed E-state index contributed by atoms with van der Waals surface area (Å²) >= 11 is 0. The van der Waals surface area contributed by atoms with Crippen LogP contribution in [-0.2, 0) is 6.61 Å². The fourth-order valence-corrected chi connectivity index (χ4v) is 3.25. The van der Waals surface area contributed by atoms with Crippen LogP contribution < -0.4 is 9.47 Å². The van der Waals surface area contributed by atoms with Crippen LogP contribution in [0.25, 0.3) is 22.7 Å². The number of hydrogen-bond donors (Lipinski definition) is 1. The number of aryl methyl sites for hydroxylation is 1. The summed E-state index contributed by atoms with van der Waals surface area (Å²) in [6, 6.07) is 23.9. The zero-order valence-electron chi connectivity index (χ0n) is 17.6. The van der Waals surface area contributed by atoms with Crippen molar-refractivity contribution in [3.05, 3.63) is 89.2 Å². The quantitative estimate of drug-likeness (QED) is 0.385. The Morgan fingerprint density at radius 3 is 2.58 bits per heavy atom. The molecule has 4 rings (SSSR count). The van der Waals surface area contributed by atoms with Gasteiger partial charge in [-0.15, -0.1) is 0 Å². The van der Waals surface area contributed by atoms with Crippen LogP contribution in [0.15, 0.2) is 66.7 Å². The van der Waals surface area contributed by atoms with E-state index in [1.165, 1.54) is 5.56 Å². The second-order valence-corrected chi connectivity index (χ2v) is 7.19. The number of fused-ring (bicyclic) bond motifs is 1. The average molecular weight is 409 g/mol. The van der Waals surface area contributed by atoms with Crippen molar-refractivity contribution in [3.8, 4) is 17.6 Å². The second-order valence-electron chi connectivity index (χ2n) is 7.19. The number of H-pyrrole nitrogens is 1. The minimum atomic E-state index is 0.451. The summed E-state index contributed by atoms with van der Waals surface area (Å²) in [5, 5.41) is 9.69. The molecule has 5 heteroatoms. The zero-order chi connectivity index (χ0) is 21.6. The van der Waals surface area contributed by atoms with Gasteiger partial charge in [0, 0.05) is 0 Å². The molecular formula is C26H23N3O2. The number of nitrogens with zero attached hydrogens (tertiary/aromatic N) is 2.